The molecule has 356 valence electrons. The summed E-state index contributed by atoms with van der Waals surface area (Å²) in [5, 5.41) is 2.25. The second-order valence-electron chi connectivity index (χ2n) is 21.6. The van der Waals surface area contributed by atoms with Gasteiger partial charge in [-0.15, -0.1) is 53.8 Å². The van der Waals surface area contributed by atoms with Crippen LogP contribution in [-0.4, -0.2) is 9.55 Å². The van der Waals surface area contributed by atoms with Crippen molar-refractivity contribution in [3.05, 3.63) is 235 Å². The Morgan fingerprint density at radius 2 is 1.14 bits per heavy atom. The molecule has 9 aromatic rings. The van der Waals surface area contributed by atoms with Crippen LogP contribution < -0.4 is 14.5 Å². The first-order valence-corrected chi connectivity index (χ1v) is 24.1. The molecule has 3 heterocycles. The monoisotopic (exact) mass is 1100 g/mol. The summed E-state index contributed by atoms with van der Waals surface area (Å²) in [5.41, 5.74) is 12.3. The van der Waals surface area contributed by atoms with Crippen molar-refractivity contribution < 1.29 is 25.8 Å². The number of pyridine rings is 1. The minimum absolute atomic E-state index is 0. The molecule has 0 saturated carbocycles. The van der Waals surface area contributed by atoms with Gasteiger partial charge in [-0.05, 0) is 80.6 Å². The number of rotatable bonds is 10. The topological polar surface area (TPSA) is 33.5 Å². The number of allylic oxidation sites excluding steroid dienone is 1. The van der Waals surface area contributed by atoms with E-state index in [1.165, 1.54) is 22.3 Å². The second kappa shape index (κ2) is 18.6. The van der Waals surface area contributed by atoms with Gasteiger partial charge in [-0.25, -0.2) is 4.98 Å². The largest absolute Gasteiger partial charge is 0.509 e. The first-order valence-electron chi connectivity index (χ1n) is 24.1. The zero-order valence-electron chi connectivity index (χ0n) is 41.9. The van der Waals surface area contributed by atoms with E-state index in [2.05, 4.69) is 278 Å². The molecule has 0 saturated heterocycles. The van der Waals surface area contributed by atoms with Gasteiger partial charge < -0.3 is 19.1 Å². The van der Waals surface area contributed by atoms with E-state index in [9.17, 15) is 0 Å². The van der Waals surface area contributed by atoms with E-state index in [1.54, 1.807) is 0 Å². The number of nitrogens with zero attached hydrogens (tertiary/aromatic N) is 4. The molecule has 6 heteroatoms. The first-order chi connectivity index (χ1) is 33.0. The summed E-state index contributed by atoms with van der Waals surface area (Å²) < 4.78 is 9.48. The molecule has 7 aromatic carbocycles. The molecule has 5 nitrogen and oxygen atoms in total. The Labute approximate surface area is 429 Å². The van der Waals surface area contributed by atoms with Crippen LogP contribution in [0.15, 0.2) is 188 Å². The quantitative estimate of drug-likeness (QED) is 0.128. The summed E-state index contributed by atoms with van der Waals surface area (Å²) in [6.45, 7) is 24.9. The minimum atomic E-state index is -0.433. The predicted octanol–water partition coefficient (Wildman–Crippen LogP) is 16.5. The number of fused-ring (bicyclic) bond motifs is 3. The number of anilines is 2. The normalized spacial score (nSPS) is 13.4. The van der Waals surface area contributed by atoms with Gasteiger partial charge in [0.25, 0.3) is 0 Å². The summed E-state index contributed by atoms with van der Waals surface area (Å²) in [6.07, 6.45) is 4.20. The smallest absolute Gasteiger partial charge is 0.135 e. The zero-order chi connectivity index (χ0) is 48.3. The van der Waals surface area contributed by atoms with Crippen LogP contribution in [0.2, 0.25) is 0 Å². The number of hydrogen-bond donors (Lipinski definition) is 0. The maximum atomic E-state index is 7.21. The van der Waals surface area contributed by atoms with Gasteiger partial charge in [-0.3, -0.25) is 0 Å². The van der Waals surface area contributed by atoms with Gasteiger partial charge >= 0.3 is 0 Å². The van der Waals surface area contributed by atoms with Crippen LogP contribution in [0, 0.1) is 24.2 Å². The molecule has 1 aliphatic rings. The Bertz CT molecular complexity index is 3360. The molecular weight excluding hydrogens is 1040 g/mol. The van der Waals surface area contributed by atoms with E-state index < -0.39 is 5.41 Å². The predicted molar refractivity (Wildman–Crippen MR) is 287 cm³/mol. The van der Waals surface area contributed by atoms with E-state index in [0.717, 1.165) is 61.4 Å². The Hall–Kier alpha value is -6.68. The summed E-state index contributed by atoms with van der Waals surface area (Å²) in [5.74, 6) is 2.01. The molecule has 0 N–H and O–H groups in total. The molecule has 0 aliphatic carbocycles. The second-order valence-corrected chi connectivity index (χ2v) is 21.6. The van der Waals surface area contributed by atoms with Crippen LogP contribution in [0.4, 0.5) is 11.4 Å². The fourth-order valence-electron chi connectivity index (χ4n) is 9.80. The van der Waals surface area contributed by atoms with E-state index in [0.29, 0.717) is 11.5 Å². The van der Waals surface area contributed by atoms with Crippen molar-refractivity contribution in [1.82, 2.24) is 9.55 Å². The van der Waals surface area contributed by atoms with Gasteiger partial charge in [0.1, 0.15) is 5.82 Å². The zero-order valence-corrected chi connectivity index (χ0v) is 44.2. The van der Waals surface area contributed by atoms with Crippen LogP contribution in [-0.2, 0) is 37.3 Å². The minimum Gasteiger partial charge on any atom is -0.509 e. The first kappa shape index (κ1) is 48.3. The Balaban J connectivity index is 0.00000608. The number of benzene rings is 7. The average molecular weight is 1100 g/mol. The SMILES string of the molecule is CC(C)(C)C1=CN(c2cccc(C(C)(C)C)c2)[CH-]N1c1[c-]c(Oc2[c-]c3c(c(C(C)(C)c4ccccc4)c2)c2ccccc2n3-c2cc(C(C)(C)c3ccccc3)ccn2)cc(-c2ccccc2)c1.[Pt]. The fraction of sp³-hybridized carbons (Fsp3) is 0.219. The van der Waals surface area contributed by atoms with Crippen LogP contribution in [0.3, 0.4) is 0 Å². The molecule has 0 unspecified atom stereocenters. The third-order valence-corrected chi connectivity index (χ3v) is 14.0. The molecule has 1 aliphatic heterocycles. The van der Waals surface area contributed by atoms with Gasteiger partial charge in [0.2, 0.25) is 0 Å². The molecular formula is C64H61N4OPt-3. The standard InChI is InChI=1S/C64H61N4O.Pt/c1-61(2,3)48-29-22-30-50(37-48)66-42-58(62(4,5)6)67(43-66)51-35-45(44-23-14-11-15-24-44)36-52(39-51)69-53-40-55(64(9,10)47-27-18-13-19-28-47)60-54-31-20-21-32-56(54)68(57(60)41-53)59-38-49(33-34-65-59)63(7,8)46-25-16-12-17-26-46;/h11-38,40,42-43H,1-10H3;/q-3;. The van der Waals surface area contributed by atoms with Crippen molar-refractivity contribution in [2.75, 3.05) is 9.80 Å². The number of para-hydroxylation sites is 1. The molecule has 0 radical (unpaired) electrons. The summed E-state index contributed by atoms with van der Waals surface area (Å²) in [7, 11) is 0. The van der Waals surface area contributed by atoms with Gasteiger partial charge in [-0.2, -0.15) is 0 Å². The Morgan fingerprint density at radius 1 is 0.529 bits per heavy atom. The summed E-state index contributed by atoms with van der Waals surface area (Å²) in [4.78, 5) is 9.61. The number of hydrogen-bond acceptors (Lipinski definition) is 4. The Kier molecular flexibility index (Phi) is 12.8. The van der Waals surface area contributed by atoms with Gasteiger partial charge in [0.15, 0.2) is 0 Å². The molecule has 0 spiro atoms. The maximum Gasteiger partial charge on any atom is 0.135 e. The van der Waals surface area contributed by atoms with Crippen molar-refractivity contribution in [3.63, 3.8) is 0 Å². The van der Waals surface area contributed by atoms with Crippen molar-refractivity contribution in [3.8, 4) is 28.4 Å². The van der Waals surface area contributed by atoms with E-state index in [-0.39, 0.29) is 37.3 Å². The molecule has 0 fully saturated rings. The van der Waals surface area contributed by atoms with E-state index in [1.807, 2.05) is 6.20 Å². The van der Waals surface area contributed by atoms with Crippen LogP contribution in [0.5, 0.6) is 11.5 Å². The van der Waals surface area contributed by atoms with Crippen molar-refractivity contribution in [2.24, 2.45) is 5.41 Å². The van der Waals surface area contributed by atoms with Gasteiger partial charge in [0, 0.05) is 66.5 Å². The molecule has 10 rings (SSSR count). The molecule has 0 bridgehead atoms. The van der Waals surface area contributed by atoms with Crippen LogP contribution >= 0.6 is 0 Å². The maximum absolute atomic E-state index is 7.21. The molecule has 0 amide bonds. The third-order valence-electron chi connectivity index (χ3n) is 14.0. The fourth-order valence-corrected chi connectivity index (χ4v) is 9.80. The van der Waals surface area contributed by atoms with Crippen LogP contribution in [0.25, 0.3) is 38.8 Å². The Morgan fingerprint density at radius 3 is 1.81 bits per heavy atom. The molecule has 0 atom stereocenters. The number of aromatic nitrogens is 2. The number of ether oxygens (including phenoxy) is 1. The van der Waals surface area contributed by atoms with Crippen molar-refractivity contribution >= 4 is 33.2 Å². The van der Waals surface area contributed by atoms with Crippen molar-refractivity contribution in [1.29, 1.82) is 0 Å². The summed E-state index contributed by atoms with van der Waals surface area (Å²) in [6, 6.07) is 68.0. The van der Waals surface area contributed by atoms with E-state index >= 15 is 0 Å². The molecule has 2 aromatic heterocycles. The van der Waals surface area contributed by atoms with Gasteiger partial charge in [0.05, 0.1) is 0 Å². The van der Waals surface area contributed by atoms with E-state index in [4.69, 9.17) is 9.72 Å². The van der Waals surface area contributed by atoms with Crippen LogP contribution in [0.1, 0.15) is 97.1 Å². The molecule has 70 heavy (non-hydrogen) atoms. The summed E-state index contributed by atoms with van der Waals surface area (Å²) >= 11 is 0. The third kappa shape index (κ3) is 9.13. The van der Waals surface area contributed by atoms with Crippen molar-refractivity contribution in [2.45, 2.75) is 85.5 Å². The average Bonchev–Trinajstić information content (AvgIpc) is 3.96. The van der Waals surface area contributed by atoms with Gasteiger partial charge in [-0.1, -0.05) is 201 Å².